The number of unbranched alkanes of at least 4 members (excludes halogenated alkanes) is 1. The van der Waals surface area contributed by atoms with Crippen molar-refractivity contribution in [3.8, 4) is 11.5 Å². The number of rotatable bonds is 9. The van der Waals surface area contributed by atoms with E-state index in [9.17, 15) is 5.11 Å². The second-order valence-electron chi connectivity index (χ2n) is 8.20. The summed E-state index contributed by atoms with van der Waals surface area (Å²) >= 11 is 0. The van der Waals surface area contributed by atoms with Crippen LogP contribution in [0.2, 0.25) is 0 Å². The number of methoxy groups -OCH3 is 1. The molecule has 2 fully saturated rings. The first-order valence-corrected chi connectivity index (χ1v) is 10.6. The topological polar surface area (TPSA) is 51.2 Å². The monoisotopic (exact) mass is 389 g/mol. The van der Waals surface area contributed by atoms with E-state index in [4.69, 9.17) is 14.2 Å². The highest BCUT2D eigenvalue weighted by Crippen LogP contribution is 2.39. The van der Waals surface area contributed by atoms with Crippen LogP contribution >= 0.6 is 0 Å². The van der Waals surface area contributed by atoms with Gasteiger partial charge in [-0.3, -0.25) is 0 Å². The smallest absolute Gasteiger partial charge is 0.123 e. The van der Waals surface area contributed by atoms with Crippen LogP contribution in [0.25, 0.3) is 6.08 Å². The third-order valence-corrected chi connectivity index (χ3v) is 5.92. The fourth-order valence-electron chi connectivity index (χ4n) is 4.07. The lowest BCUT2D eigenvalue weighted by Gasteiger charge is -2.38. The SMILES string of the molecule is CCC/C=C/c1cc(OC)cc(OCC(O)CN2CCC3(CCOC3)CC2)c1. The number of likely N-dealkylation sites (tertiary alicyclic amines) is 1. The van der Waals surface area contributed by atoms with Gasteiger partial charge in [-0.25, -0.2) is 0 Å². The Morgan fingerprint density at radius 1 is 1.21 bits per heavy atom. The van der Waals surface area contributed by atoms with Gasteiger partial charge in [-0.2, -0.15) is 0 Å². The molecular weight excluding hydrogens is 354 g/mol. The largest absolute Gasteiger partial charge is 0.497 e. The number of aliphatic hydroxyl groups excluding tert-OH is 1. The van der Waals surface area contributed by atoms with Gasteiger partial charge in [0, 0.05) is 19.2 Å². The van der Waals surface area contributed by atoms with Crippen LogP contribution in [-0.4, -0.2) is 62.7 Å². The van der Waals surface area contributed by atoms with Crippen LogP contribution in [0, 0.1) is 5.41 Å². The molecule has 5 nitrogen and oxygen atoms in total. The van der Waals surface area contributed by atoms with E-state index in [1.165, 1.54) is 19.3 Å². The van der Waals surface area contributed by atoms with Crippen molar-refractivity contribution in [3.63, 3.8) is 0 Å². The van der Waals surface area contributed by atoms with Gasteiger partial charge in [0.2, 0.25) is 0 Å². The number of ether oxygens (including phenoxy) is 3. The predicted molar refractivity (Wildman–Crippen MR) is 112 cm³/mol. The maximum atomic E-state index is 10.5. The van der Waals surface area contributed by atoms with E-state index < -0.39 is 6.10 Å². The number of nitrogens with zero attached hydrogens (tertiary/aromatic N) is 1. The molecule has 0 aromatic heterocycles. The molecule has 1 aromatic rings. The molecule has 28 heavy (non-hydrogen) atoms. The van der Waals surface area contributed by atoms with Crippen molar-refractivity contribution < 1.29 is 19.3 Å². The summed E-state index contributed by atoms with van der Waals surface area (Å²) in [6, 6.07) is 5.85. The van der Waals surface area contributed by atoms with E-state index in [-0.39, 0.29) is 6.61 Å². The Labute approximate surface area is 169 Å². The Morgan fingerprint density at radius 3 is 2.68 bits per heavy atom. The van der Waals surface area contributed by atoms with Crippen molar-refractivity contribution in [3.05, 3.63) is 29.8 Å². The zero-order chi connectivity index (χ0) is 19.8. The van der Waals surface area contributed by atoms with Gasteiger partial charge in [-0.15, -0.1) is 0 Å². The van der Waals surface area contributed by atoms with Gasteiger partial charge in [0.1, 0.15) is 24.2 Å². The molecular formula is C23H35NO4. The number of hydrogen-bond acceptors (Lipinski definition) is 5. The molecule has 1 unspecified atom stereocenters. The van der Waals surface area contributed by atoms with Crippen molar-refractivity contribution in [1.82, 2.24) is 4.90 Å². The molecule has 1 atom stereocenters. The minimum Gasteiger partial charge on any atom is -0.497 e. The standard InChI is InChI=1S/C23H35NO4/c1-3-4-5-6-19-13-21(26-2)15-22(14-19)28-17-20(25)16-24-10-7-23(8-11-24)9-12-27-18-23/h5-6,13-15,20,25H,3-4,7-12,16-18H2,1-2H3/b6-5+. The number of allylic oxidation sites excluding steroid dienone is 1. The highest BCUT2D eigenvalue weighted by atomic mass is 16.5. The Kier molecular flexibility index (Phi) is 7.77. The van der Waals surface area contributed by atoms with E-state index in [0.717, 1.165) is 56.2 Å². The number of benzene rings is 1. The van der Waals surface area contributed by atoms with Crippen LogP contribution in [0.5, 0.6) is 11.5 Å². The Morgan fingerprint density at radius 2 is 2.00 bits per heavy atom. The normalized spacial score (nSPS) is 20.7. The molecule has 3 rings (SSSR count). The quantitative estimate of drug-likeness (QED) is 0.697. The van der Waals surface area contributed by atoms with Gasteiger partial charge in [0.15, 0.2) is 0 Å². The van der Waals surface area contributed by atoms with Gasteiger partial charge in [0.25, 0.3) is 0 Å². The van der Waals surface area contributed by atoms with Crippen LogP contribution in [0.4, 0.5) is 0 Å². The van der Waals surface area contributed by atoms with Crippen molar-refractivity contribution in [2.75, 3.05) is 46.6 Å². The zero-order valence-electron chi connectivity index (χ0n) is 17.4. The van der Waals surface area contributed by atoms with Gasteiger partial charge >= 0.3 is 0 Å². The van der Waals surface area contributed by atoms with Gasteiger partial charge in [0.05, 0.1) is 13.7 Å². The molecule has 1 aromatic carbocycles. The van der Waals surface area contributed by atoms with Crippen LogP contribution < -0.4 is 9.47 Å². The lowest BCUT2D eigenvalue weighted by Crippen LogP contribution is -2.44. The fraction of sp³-hybridized carbons (Fsp3) is 0.652. The first kappa shape index (κ1) is 21.2. The molecule has 0 aliphatic carbocycles. The molecule has 2 aliphatic rings. The summed E-state index contributed by atoms with van der Waals surface area (Å²) in [6.45, 7) is 7.00. The zero-order valence-corrected chi connectivity index (χ0v) is 17.4. The van der Waals surface area contributed by atoms with Crippen LogP contribution in [0.3, 0.4) is 0 Å². The minimum atomic E-state index is -0.501. The van der Waals surface area contributed by atoms with Gasteiger partial charge in [-0.05, 0) is 61.9 Å². The highest BCUT2D eigenvalue weighted by Gasteiger charge is 2.38. The lowest BCUT2D eigenvalue weighted by molar-refractivity contribution is 0.0319. The van der Waals surface area contributed by atoms with Gasteiger partial charge < -0.3 is 24.2 Å². The molecule has 0 bridgehead atoms. The summed E-state index contributed by atoms with van der Waals surface area (Å²) in [4.78, 5) is 2.35. The summed E-state index contributed by atoms with van der Waals surface area (Å²) in [5.41, 5.74) is 1.46. The van der Waals surface area contributed by atoms with E-state index in [2.05, 4.69) is 24.0 Å². The average molecular weight is 390 g/mol. The molecule has 156 valence electrons. The Bertz CT molecular complexity index is 629. The van der Waals surface area contributed by atoms with Crippen molar-refractivity contribution in [2.24, 2.45) is 5.41 Å². The van der Waals surface area contributed by atoms with Gasteiger partial charge in [-0.1, -0.05) is 25.5 Å². The van der Waals surface area contributed by atoms with E-state index in [0.29, 0.717) is 12.0 Å². The summed E-state index contributed by atoms with van der Waals surface area (Å²) in [7, 11) is 1.66. The summed E-state index contributed by atoms with van der Waals surface area (Å²) < 4.78 is 16.9. The summed E-state index contributed by atoms with van der Waals surface area (Å²) in [5.74, 6) is 1.50. The molecule has 2 heterocycles. The summed E-state index contributed by atoms with van der Waals surface area (Å²) in [6.07, 6.45) is 9.46. The van der Waals surface area contributed by atoms with Crippen LogP contribution in [0.1, 0.15) is 44.6 Å². The molecule has 1 N–H and O–H groups in total. The molecule has 0 radical (unpaired) electrons. The second-order valence-corrected chi connectivity index (χ2v) is 8.20. The van der Waals surface area contributed by atoms with Crippen molar-refractivity contribution >= 4 is 6.08 Å². The second kappa shape index (κ2) is 10.3. The molecule has 0 saturated carbocycles. The molecule has 2 saturated heterocycles. The van der Waals surface area contributed by atoms with E-state index >= 15 is 0 Å². The third-order valence-electron chi connectivity index (χ3n) is 5.92. The lowest BCUT2D eigenvalue weighted by atomic mass is 9.78. The van der Waals surface area contributed by atoms with Crippen LogP contribution in [0.15, 0.2) is 24.3 Å². The average Bonchev–Trinajstić information content (AvgIpc) is 3.16. The Balaban J connectivity index is 1.47. The highest BCUT2D eigenvalue weighted by molar-refractivity contribution is 5.55. The first-order valence-electron chi connectivity index (χ1n) is 10.6. The number of hydrogen-bond donors (Lipinski definition) is 1. The van der Waals surface area contributed by atoms with E-state index in [1.54, 1.807) is 7.11 Å². The Hall–Kier alpha value is -1.56. The van der Waals surface area contributed by atoms with Crippen molar-refractivity contribution in [1.29, 1.82) is 0 Å². The molecule has 0 amide bonds. The molecule has 5 heteroatoms. The maximum Gasteiger partial charge on any atom is 0.123 e. The number of β-amino-alcohol motifs (C(OH)–C–C–N with tert-alkyl or cyclic N) is 1. The van der Waals surface area contributed by atoms with Crippen LogP contribution in [-0.2, 0) is 4.74 Å². The molecule has 2 aliphatic heterocycles. The molecule has 1 spiro atoms. The fourth-order valence-corrected chi connectivity index (χ4v) is 4.07. The number of piperidine rings is 1. The third kappa shape index (κ3) is 5.97. The number of aliphatic hydroxyl groups is 1. The van der Waals surface area contributed by atoms with Crippen molar-refractivity contribution in [2.45, 2.75) is 45.1 Å². The van der Waals surface area contributed by atoms with E-state index in [1.807, 2.05) is 18.2 Å². The maximum absolute atomic E-state index is 10.5. The minimum absolute atomic E-state index is 0.288. The predicted octanol–water partition coefficient (Wildman–Crippen LogP) is 3.75. The summed E-state index contributed by atoms with van der Waals surface area (Å²) in [5, 5.41) is 10.5. The first-order chi connectivity index (χ1) is 13.6.